The fourth-order valence-electron chi connectivity index (χ4n) is 1.66. The van der Waals surface area contributed by atoms with Gasteiger partial charge in [-0.3, -0.25) is 4.79 Å². The molecule has 0 spiro atoms. The van der Waals surface area contributed by atoms with Crippen LogP contribution in [0.25, 0.3) is 0 Å². The first-order valence-corrected chi connectivity index (χ1v) is 6.59. The summed E-state index contributed by atoms with van der Waals surface area (Å²) in [6.07, 6.45) is 0.0728. The zero-order valence-corrected chi connectivity index (χ0v) is 12.2. The highest BCUT2D eigenvalue weighted by molar-refractivity contribution is 5.77. The maximum Gasteiger partial charge on any atom is 0.248 e. The Labute approximate surface area is 115 Å². The molecule has 106 valence electrons. The first kappa shape index (κ1) is 15.5. The summed E-state index contributed by atoms with van der Waals surface area (Å²) in [6, 6.07) is 7.74. The van der Waals surface area contributed by atoms with Gasteiger partial charge in [0.15, 0.2) is 0 Å². The Morgan fingerprint density at radius 3 is 2.37 bits per heavy atom. The highest BCUT2D eigenvalue weighted by Gasteiger charge is 2.12. The molecular formula is C15H23NO3. The molecule has 19 heavy (non-hydrogen) atoms. The first-order chi connectivity index (χ1) is 9.06. The van der Waals surface area contributed by atoms with Crippen LogP contribution < -0.4 is 4.74 Å². The molecule has 0 atom stereocenters. The number of likely N-dealkylation sites (N-methyl/N-ethyl adjacent to an activating group) is 1. The van der Waals surface area contributed by atoms with E-state index in [0.717, 1.165) is 11.3 Å². The van der Waals surface area contributed by atoms with Gasteiger partial charge in [0.1, 0.15) is 12.4 Å². The average molecular weight is 265 g/mol. The number of carbonyl (C=O) groups is 1. The fraction of sp³-hybridized carbons (Fsp3) is 0.533. The number of hydrogen-bond acceptors (Lipinski definition) is 3. The molecule has 0 N–H and O–H groups in total. The Balaban J connectivity index is 2.57. The lowest BCUT2D eigenvalue weighted by molar-refractivity contribution is -0.138. The summed E-state index contributed by atoms with van der Waals surface area (Å²) >= 11 is 0. The molecule has 0 aliphatic heterocycles. The van der Waals surface area contributed by atoms with Crippen LogP contribution in [0.3, 0.4) is 0 Å². The SMILES string of the molecule is CCN(Cc1ccc(OC)cc1)C(=O)COC(C)C. The van der Waals surface area contributed by atoms with Crippen LogP contribution in [0.2, 0.25) is 0 Å². The summed E-state index contributed by atoms with van der Waals surface area (Å²) in [5, 5.41) is 0. The summed E-state index contributed by atoms with van der Waals surface area (Å²) in [6.45, 7) is 7.23. The molecule has 1 amide bonds. The predicted octanol–water partition coefficient (Wildman–Crippen LogP) is 2.47. The van der Waals surface area contributed by atoms with Crippen molar-refractivity contribution in [2.24, 2.45) is 0 Å². The third kappa shape index (κ3) is 5.30. The minimum absolute atomic E-state index is 0.0204. The second-order valence-electron chi connectivity index (χ2n) is 4.62. The predicted molar refractivity (Wildman–Crippen MR) is 75.2 cm³/mol. The number of hydrogen-bond donors (Lipinski definition) is 0. The highest BCUT2D eigenvalue weighted by atomic mass is 16.5. The molecule has 0 radical (unpaired) electrons. The Bertz CT molecular complexity index is 387. The van der Waals surface area contributed by atoms with Crippen molar-refractivity contribution in [3.8, 4) is 5.75 Å². The van der Waals surface area contributed by atoms with E-state index in [2.05, 4.69) is 0 Å². The second-order valence-corrected chi connectivity index (χ2v) is 4.62. The Morgan fingerprint density at radius 1 is 1.26 bits per heavy atom. The molecule has 0 fully saturated rings. The number of amides is 1. The summed E-state index contributed by atoms with van der Waals surface area (Å²) in [5.41, 5.74) is 1.08. The van der Waals surface area contributed by atoms with Crippen LogP contribution >= 0.6 is 0 Å². The molecule has 4 nitrogen and oxygen atoms in total. The van der Waals surface area contributed by atoms with Gasteiger partial charge >= 0.3 is 0 Å². The van der Waals surface area contributed by atoms with Gasteiger partial charge in [0, 0.05) is 13.1 Å². The molecule has 4 heteroatoms. The number of benzene rings is 1. The lowest BCUT2D eigenvalue weighted by Gasteiger charge is -2.21. The molecule has 1 rings (SSSR count). The standard InChI is InChI=1S/C15H23NO3/c1-5-16(15(17)11-19-12(2)3)10-13-6-8-14(18-4)9-7-13/h6-9,12H,5,10-11H2,1-4H3. The molecule has 0 unspecified atom stereocenters. The van der Waals surface area contributed by atoms with Gasteiger partial charge in [-0.05, 0) is 38.5 Å². The van der Waals surface area contributed by atoms with Crippen molar-refractivity contribution in [1.82, 2.24) is 4.90 Å². The van der Waals surface area contributed by atoms with Crippen LogP contribution in [0.1, 0.15) is 26.3 Å². The van der Waals surface area contributed by atoms with Crippen LogP contribution in [0.4, 0.5) is 0 Å². The maximum absolute atomic E-state index is 12.0. The van der Waals surface area contributed by atoms with Gasteiger partial charge in [-0.2, -0.15) is 0 Å². The van der Waals surface area contributed by atoms with Crippen molar-refractivity contribution in [2.45, 2.75) is 33.4 Å². The number of carbonyl (C=O) groups excluding carboxylic acids is 1. The van der Waals surface area contributed by atoms with Gasteiger partial charge in [-0.1, -0.05) is 12.1 Å². The van der Waals surface area contributed by atoms with Crippen molar-refractivity contribution in [1.29, 1.82) is 0 Å². The van der Waals surface area contributed by atoms with Gasteiger partial charge in [-0.15, -0.1) is 0 Å². The van der Waals surface area contributed by atoms with Gasteiger partial charge in [0.05, 0.1) is 13.2 Å². The lowest BCUT2D eigenvalue weighted by atomic mass is 10.2. The monoisotopic (exact) mass is 265 g/mol. The Kier molecular flexibility index (Phi) is 6.36. The third-order valence-electron chi connectivity index (χ3n) is 2.81. The number of methoxy groups -OCH3 is 1. The van der Waals surface area contributed by atoms with E-state index in [1.165, 1.54) is 0 Å². The van der Waals surface area contributed by atoms with E-state index in [-0.39, 0.29) is 18.6 Å². The quantitative estimate of drug-likeness (QED) is 0.760. The second kappa shape index (κ2) is 7.79. The smallest absolute Gasteiger partial charge is 0.248 e. The van der Waals surface area contributed by atoms with Crippen molar-refractivity contribution < 1.29 is 14.3 Å². The zero-order chi connectivity index (χ0) is 14.3. The van der Waals surface area contributed by atoms with Crippen LogP contribution in [-0.4, -0.2) is 37.2 Å². The van der Waals surface area contributed by atoms with Crippen molar-refractivity contribution >= 4 is 5.91 Å². The molecule has 0 bridgehead atoms. The Hall–Kier alpha value is -1.55. The number of nitrogens with zero attached hydrogens (tertiary/aromatic N) is 1. The third-order valence-corrected chi connectivity index (χ3v) is 2.81. The zero-order valence-electron chi connectivity index (χ0n) is 12.2. The Morgan fingerprint density at radius 2 is 1.89 bits per heavy atom. The topological polar surface area (TPSA) is 38.8 Å². The van der Waals surface area contributed by atoms with E-state index in [1.54, 1.807) is 12.0 Å². The molecule has 1 aromatic rings. The molecular weight excluding hydrogens is 242 g/mol. The molecule has 0 aromatic heterocycles. The molecule has 0 aliphatic rings. The molecule has 1 aromatic carbocycles. The van der Waals surface area contributed by atoms with E-state index in [9.17, 15) is 4.79 Å². The van der Waals surface area contributed by atoms with Crippen molar-refractivity contribution in [3.63, 3.8) is 0 Å². The van der Waals surface area contributed by atoms with E-state index in [0.29, 0.717) is 13.1 Å². The summed E-state index contributed by atoms with van der Waals surface area (Å²) in [5.74, 6) is 0.841. The van der Waals surface area contributed by atoms with E-state index >= 15 is 0 Å². The largest absolute Gasteiger partial charge is 0.497 e. The molecule has 0 saturated carbocycles. The van der Waals surface area contributed by atoms with Crippen LogP contribution in [0, 0.1) is 0 Å². The minimum atomic E-state index is 0.0204. The summed E-state index contributed by atoms with van der Waals surface area (Å²) < 4.78 is 10.5. The molecule has 0 heterocycles. The van der Waals surface area contributed by atoms with Gasteiger partial charge in [-0.25, -0.2) is 0 Å². The minimum Gasteiger partial charge on any atom is -0.497 e. The van der Waals surface area contributed by atoms with E-state index < -0.39 is 0 Å². The first-order valence-electron chi connectivity index (χ1n) is 6.59. The summed E-state index contributed by atoms with van der Waals surface area (Å²) in [4.78, 5) is 13.8. The van der Waals surface area contributed by atoms with Gasteiger partial charge < -0.3 is 14.4 Å². The van der Waals surface area contributed by atoms with Crippen LogP contribution in [0.5, 0.6) is 5.75 Å². The van der Waals surface area contributed by atoms with Crippen LogP contribution in [0.15, 0.2) is 24.3 Å². The molecule has 0 saturated heterocycles. The fourth-order valence-corrected chi connectivity index (χ4v) is 1.66. The van der Waals surface area contributed by atoms with Crippen molar-refractivity contribution in [2.75, 3.05) is 20.3 Å². The van der Waals surface area contributed by atoms with Crippen LogP contribution in [-0.2, 0) is 16.1 Å². The number of ether oxygens (including phenoxy) is 2. The van der Waals surface area contributed by atoms with Crippen molar-refractivity contribution in [3.05, 3.63) is 29.8 Å². The van der Waals surface area contributed by atoms with E-state index in [4.69, 9.17) is 9.47 Å². The van der Waals surface area contributed by atoms with E-state index in [1.807, 2.05) is 45.0 Å². The van der Waals surface area contributed by atoms with Gasteiger partial charge in [0.25, 0.3) is 0 Å². The molecule has 0 aliphatic carbocycles. The highest BCUT2D eigenvalue weighted by Crippen LogP contribution is 2.13. The van der Waals surface area contributed by atoms with Gasteiger partial charge in [0.2, 0.25) is 5.91 Å². The average Bonchev–Trinajstić information content (AvgIpc) is 2.42. The number of rotatable bonds is 7. The lowest BCUT2D eigenvalue weighted by Crippen LogP contribution is -2.34. The maximum atomic E-state index is 12.0. The summed E-state index contributed by atoms with van der Waals surface area (Å²) in [7, 11) is 1.64. The normalized spacial score (nSPS) is 10.6.